The molecule has 1 heterocycles. The van der Waals surface area contributed by atoms with Gasteiger partial charge in [0.15, 0.2) is 17.3 Å². The predicted molar refractivity (Wildman–Crippen MR) is 151 cm³/mol. The molecule has 0 saturated heterocycles. The van der Waals surface area contributed by atoms with Crippen LogP contribution in [0.15, 0.2) is 105 Å². The lowest BCUT2D eigenvalue weighted by Gasteiger charge is -2.13. The van der Waals surface area contributed by atoms with Gasteiger partial charge < -0.3 is 9.47 Å². The molecule has 0 atom stereocenters. The van der Waals surface area contributed by atoms with Crippen LogP contribution in [0.5, 0.6) is 11.5 Å². The minimum absolute atomic E-state index is 0.207. The van der Waals surface area contributed by atoms with Gasteiger partial charge in [-0.1, -0.05) is 60.7 Å². The maximum absolute atomic E-state index is 13.4. The number of benzene rings is 4. The molecule has 4 aromatic carbocycles. The quantitative estimate of drug-likeness (QED) is 0.220. The third-order valence-corrected chi connectivity index (χ3v) is 6.59. The molecule has 38 heavy (non-hydrogen) atoms. The highest BCUT2D eigenvalue weighted by atomic mass is 79.9. The lowest BCUT2D eigenvalue weighted by Crippen LogP contribution is -2.20. The van der Waals surface area contributed by atoms with Crippen LogP contribution in [0.4, 0.5) is 0 Å². The largest absolute Gasteiger partial charge is 0.493 e. The first-order chi connectivity index (χ1) is 18.6. The standard InChI is InChI=1S/C30H21BrN4O3/c1-37-27-15-23(25(31)16-28(27)38-19-22-12-6-5-11-21(22)17-32)18-33-35-29(20-9-3-2-4-10-20)34-26-14-8-7-13-24(26)30(35)36/h2-16,18H,19H2,1H3. The van der Waals surface area contributed by atoms with Gasteiger partial charge in [-0.3, -0.25) is 4.79 Å². The zero-order chi connectivity index (χ0) is 26.5. The Labute approximate surface area is 227 Å². The molecule has 0 aliphatic carbocycles. The second-order valence-corrected chi connectivity index (χ2v) is 9.12. The number of nitrogens with zero attached hydrogens (tertiary/aromatic N) is 4. The Kier molecular flexibility index (Phi) is 7.29. The average Bonchev–Trinajstić information content (AvgIpc) is 2.96. The first-order valence-corrected chi connectivity index (χ1v) is 12.5. The Hall–Kier alpha value is -4.74. The molecule has 0 unspecified atom stereocenters. The third-order valence-electron chi connectivity index (χ3n) is 5.90. The highest BCUT2D eigenvalue weighted by Crippen LogP contribution is 2.34. The van der Waals surface area contributed by atoms with E-state index < -0.39 is 0 Å². The van der Waals surface area contributed by atoms with Crippen molar-refractivity contribution < 1.29 is 9.47 Å². The molecule has 0 amide bonds. The zero-order valence-electron chi connectivity index (χ0n) is 20.3. The van der Waals surface area contributed by atoms with E-state index in [-0.39, 0.29) is 12.2 Å². The van der Waals surface area contributed by atoms with E-state index in [1.807, 2.05) is 60.7 Å². The molecule has 0 aliphatic heterocycles. The van der Waals surface area contributed by atoms with Gasteiger partial charge in [0.1, 0.15) is 6.61 Å². The van der Waals surface area contributed by atoms with Crippen molar-refractivity contribution in [3.8, 4) is 29.0 Å². The normalized spacial score (nSPS) is 11.0. The zero-order valence-corrected chi connectivity index (χ0v) is 21.9. The van der Waals surface area contributed by atoms with Crippen LogP contribution in [-0.4, -0.2) is 23.0 Å². The first kappa shape index (κ1) is 24.9. The Balaban J connectivity index is 1.52. The van der Waals surface area contributed by atoms with E-state index in [9.17, 15) is 10.1 Å². The molecule has 0 bridgehead atoms. The first-order valence-electron chi connectivity index (χ1n) is 11.7. The fourth-order valence-corrected chi connectivity index (χ4v) is 4.38. The smallest absolute Gasteiger partial charge is 0.282 e. The number of fused-ring (bicyclic) bond motifs is 1. The molecule has 0 radical (unpaired) electrons. The lowest BCUT2D eigenvalue weighted by atomic mass is 10.1. The monoisotopic (exact) mass is 564 g/mol. The molecule has 0 fully saturated rings. The fraction of sp³-hybridized carbons (Fsp3) is 0.0667. The molecular weight excluding hydrogens is 544 g/mol. The maximum atomic E-state index is 13.4. The van der Waals surface area contributed by atoms with E-state index >= 15 is 0 Å². The Bertz CT molecular complexity index is 1760. The van der Waals surface area contributed by atoms with Crippen molar-refractivity contribution in [2.45, 2.75) is 6.61 Å². The molecule has 0 spiro atoms. The Morgan fingerprint density at radius 2 is 1.74 bits per heavy atom. The Morgan fingerprint density at radius 3 is 2.53 bits per heavy atom. The van der Waals surface area contributed by atoms with Crippen molar-refractivity contribution in [2.24, 2.45) is 5.10 Å². The highest BCUT2D eigenvalue weighted by molar-refractivity contribution is 9.10. The van der Waals surface area contributed by atoms with Crippen molar-refractivity contribution in [2.75, 3.05) is 7.11 Å². The summed E-state index contributed by atoms with van der Waals surface area (Å²) in [5, 5.41) is 14.4. The van der Waals surface area contributed by atoms with Gasteiger partial charge in [-0.15, -0.1) is 0 Å². The fourth-order valence-electron chi connectivity index (χ4n) is 3.96. The van der Waals surface area contributed by atoms with Gasteiger partial charge in [0.2, 0.25) is 0 Å². The van der Waals surface area contributed by atoms with Crippen LogP contribution in [0.1, 0.15) is 16.7 Å². The van der Waals surface area contributed by atoms with Crippen molar-refractivity contribution in [1.82, 2.24) is 9.66 Å². The summed E-state index contributed by atoms with van der Waals surface area (Å²) in [6, 6.07) is 29.6. The van der Waals surface area contributed by atoms with E-state index in [4.69, 9.17) is 14.5 Å². The molecule has 186 valence electrons. The van der Waals surface area contributed by atoms with Gasteiger partial charge in [0, 0.05) is 21.2 Å². The predicted octanol–water partition coefficient (Wildman–Crippen LogP) is 6.17. The summed E-state index contributed by atoms with van der Waals surface area (Å²) in [5.74, 6) is 1.42. The molecule has 0 N–H and O–H groups in total. The molecule has 5 rings (SSSR count). The number of halogens is 1. The number of nitriles is 1. The third kappa shape index (κ3) is 5.05. The molecule has 0 saturated carbocycles. The van der Waals surface area contributed by atoms with E-state index in [1.165, 1.54) is 4.68 Å². The number of methoxy groups -OCH3 is 1. The molecule has 0 aliphatic rings. The molecule has 5 aromatic rings. The van der Waals surface area contributed by atoms with Gasteiger partial charge in [-0.05, 0) is 46.3 Å². The Morgan fingerprint density at radius 1 is 1.00 bits per heavy atom. The van der Waals surface area contributed by atoms with Crippen LogP contribution in [0, 0.1) is 11.3 Å². The molecule has 7 nitrogen and oxygen atoms in total. The number of hydrogen-bond donors (Lipinski definition) is 0. The van der Waals surface area contributed by atoms with Crippen LogP contribution >= 0.6 is 15.9 Å². The van der Waals surface area contributed by atoms with E-state index in [1.54, 1.807) is 43.7 Å². The second kappa shape index (κ2) is 11.1. The van der Waals surface area contributed by atoms with Gasteiger partial charge in [-0.25, -0.2) is 4.98 Å². The maximum Gasteiger partial charge on any atom is 0.282 e. The number of hydrogen-bond acceptors (Lipinski definition) is 6. The second-order valence-electron chi connectivity index (χ2n) is 8.26. The summed E-state index contributed by atoms with van der Waals surface area (Å²) in [6.45, 7) is 0.207. The number of ether oxygens (including phenoxy) is 2. The van der Waals surface area contributed by atoms with Crippen molar-refractivity contribution in [3.05, 3.63) is 123 Å². The average molecular weight is 565 g/mol. The van der Waals surface area contributed by atoms with Crippen LogP contribution < -0.4 is 15.0 Å². The van der Waals surface area contributed by atoms with Crippen molar-refractivity contribution in [1.29, 1.82) is 5.26 Å². The summed E-state index contributed by atoms with van der Waals surface area (Å²) in [4.78, 5) is 18.1. The summed E-state index contributed by atoms with van der Waals surface area (Å²) in [5.41, 5.74) is 3.10. The number of aromatic nitrogens is 2. The molecule has 8 heteroatoms. The minimum Gasteiger partial charge on any atom is -0.493 e. The van der Waals surface area contributed by atoms with Crippen molar-refractivity contribution >= 4 is 33.0 Å². The summed E-state index contributed by atoms with van der Waals surface area (Å²) in [6.07, 6.45) is 1.58. The topological polar surface area (TPSA) is 89.5 Å². The molecular formula is C30H21BrN4O3. The number of rotatable bonds is 7. The highest BCUT2D eigenvalue weighted by Gasteiger charge is 2.14. The van der Waals surface area contributed by atoms with Gasteiger partial charge in [0.25, 0.3) is 5.56 Å². The van der Waals surface area contributed by atoms with Crippen molar-refractivity contribution in [3.63, 3.8) is 0 Å². The van der Waals surface area contributed by atoms with E-state index in [2.05, 4.69) is 27.1 Å². The minimum atomic E-state index is -0.273. The van der Waals surface area contributed by atoms with E-state index in [0.717, 1.165) is 11.1 Å². The lowest BCUT2D eigenvalue weighted by molar-refractivity contribution is 0.284. The summed E-state index contributed by atoms with van der Waals surface area (Å²) in [7, 11) is 1.55. The van der Waals surface area contributed by atoms with Crippen LogP contribution in [0.2, 0.25) is 0 Å². The van der Waals surface area contributed by atoms with Gasteiger partial charge in [-0.2, -0.15) is 15.0 Å². The SMILES string of the molecule is COc1cc(C=Nn2c(-c3ccccc3)nc3ccccc3c2=O)c(Br)cc1OCc1ccccc1C#N. The van der Waals surface area contributed by atoms with Gasteiger partial charge >= 0.3 is 0 Å². The van der Waals surface area contributed by atoms with Crippen LogP contribution in [0.25, 0.3) is 22.3 Å². The summed E-state index contributed by atoms with van der Waals surface area (Å²) >= 11 is 3.58. The van der Waals surface area contributed by atoms with E-state index in [0.29, 0.717) is 43.8 Å². The van der Waals surface area contributed by atoms with Gasteiger partial charge in [0.05, 0.1) is 35.9 Å². The van der Waals surface area contributed by atoms with Crippen LogP contribution in [-0.2, 0) is 6.61 Å². The summed E-state index contributed by atoms with van der Waals surface area (Å²) < 4.78 is 13.5. The number of para-hydroxylation sites is 1. The molecule has 1 aromatic heterocycles. The van der Waals surface area contributed by atoms with Crippen LogP contribution in [0.3, 0.4) is 0 Å².